The zero-order valence-corrected chi connectivity index (χ0v) is 13.5. The molecule has 4 nitrogen and oxygen atoms in total. The number of benzene rings is 2. The van der Waals surface area contributed by atoms with Gasteiger partial charge in [0.2, 0.25) is 0 Å². The third-order valence-corrected chi connectivity index (χ3v) is 4.61. The molecule has 4 rings (SSSR count). The highest BCUT2D eigenvalue weighted by Gasteiger charge is 2.26. The van der Waals surface area contributed by atoms with E-state index in [2.05, 4.69) is 5.32 Å². The lowest BCUT2D eigenvalue weighted by Gasteiger charge is -2.29. The summed E-state index contributed by atoms with van der Waals surface area (Å²) in [5.74, 6) is -1.01. The summed E-state index contributed by atoms with van der Waals surface area (Å²) in [5, 5.41) is 2.92. The predicted octanol–water partition coefficient (Wildman–Crippen LogP) is 3.54. The smallest absolute Gasteiger partial charge is 0.251 e. The van der Waals surface area contributed by atoms with Gasteiger partial charge < -0.3 is 14.8 Å². The molecule has 1 heterocycles. The van der Waals surface area contributed by atoms with Crippen LogP contribution in [-0.2, 0) is 6.42 Å². The quantitative estimate of drug-likeness (QED) is 0.906. The van der Waals surface area contributed by atoms with Crippen LogP contribution in [0.4, 0.5) is 8.78 Å². The van der Waals surface area contributed by atoms with E-state index in [4.69, 9.17) is 9.47 Å². The van der Waals surface area contributed by atoms with Crippen molar-refractivity contribution in [2.45, 2.75) is 25.3 Å². The number of aryl methyl sites for hydroxylation is 1. The van der Waals surface area contributed by atoms with Gasteiger partial charge in [0.25, 0.3) is 5.91 Å². The Kier molecular flexibility index (Phi) is 4.03. The molecule has 0 saturated heterocycles. The number of carbonyl (C=O) groups excluding carboxylic acids is 1. The van der Waals surface area contributed by atoms with Crippen LogP contribution in [0.2, 0.25) is 0 Å². The Balaban J connectivity index is 1.60. The summed E-state index contributed by atoms with van der Waals surface area (Å²) >= 11 is 0. The molecule has 1 N–H and O–H groups in total. The van der Waals surface area contributed by atoms with Crippen LogP contribution in [0.25, 0.3) is 0 Å². The summed E-state index contributed by atoms with van der Waals surface area (Å²) < 4.78 is 37.6. The van der Waals surface area contributed by atoms with Crippen molar-refractivity contribution in [2.24, 2.45) is 0 Å². The van der Waals surface area contributed by atoms with Crippen LogP contribution >= 0.6 is 0 Å². The van der Waals surface area contributed by atoms with Gasteiger partial charge in [-0.25, -0.2) is 8.78 Å². The summed E-state index contributed by atoms with van der Waals surface area (Å²) in [6.07, 6.45) is 2.61. The Bertz CT molecular complexity index is 838. The van der Waals surface area contributed by atoms with E-state index in [1.54, 1.807) is 0 Å². The molecule has 1 atom stereocenters. The Morgan fingerprint density at radius 2 is 1.80 bits per heavy atom. The highest BCUT2D eigenvalue weighted by Crippen LogP contribution is 2.39. The fourth-order valence-corrected chi connectivity index (χ4v) is 3.37. The molecule has 130 valence electrons. The number of fused-ring (bicyclic) bond motifs is 2. The molecule has 2 aliphatic rings. The number of halogens is 2. The van der Waals surface area contributed by atoms with Crippen LogP contribution in [0.3, 0.4) is 0 Å². The lowest BCUT2D eigenvalue weighted by molar-refractivity contribution is 0.0932. The summed E-state index contributed by atoms with van der Waals surface area (Å²) in [7, 11) is 0. The monoisotopic (exact) mass is 345 g/mol. The summed E-state index contributed by atoms with van der Waals surface area (Å²) in [6, 6.07) is 6.85. The van der Waals surface area contributed by atoms with Gasteiger partial charge in [-0.15, -0.1) is 0 Å². The van der Waals surface area contributed by atoms with Crippen molar-refractivity contribution in [3.8, 4) is 11.5 Å². The van der Waals surface area contributed by atoms with Crippen LogP contribution in [-0.4, -0.2) is 19.1 Å². The molecule has 1 amide bonds. The number of amides is 1. The van der Waals surface area contributed by atoms with Crippen molar-refractivity contribution in [2.75, 3.05) is 13.2 Å². The molecule has 1 aliphatic heterocycles. The van der Waals surface area contributed by atoms with E-state index in [-0.39, 0.29) is 11.6 Å². The average molecular weight is 345 g/mol. The molecule has 0 fully saturated rings. The van der Waals surface area contributed by atoms with Gasteiger partial charge in [-0.1, -0.05) is 0 Å². The van der Waals surface area contributed by atoms with Gasteiger partial charge in [0.05, 0.1) is 6.04 Å². The van der Waals surface area contributed by atoms with Crippen molar-refractivity contribution >= 4 is 5.91 Å². The first-order valence-electron chi connectivity index (χ1n) is 8.30. The fraction of sp³-hybridized carbons (Fsp3) is 0.316. The third kappa shape index (κ3) is 3.04. The van der Waals surface area contributed by atoms with Crippen LogP contribution in [0.5, 0.6) is 11.5 Å². The Hall–Kier alpha value is -2.63. The maximum absolute atomic E-state index is 13.4. The molecule has 0 radical (unpaired) electrons. The lowest BCUT2D eigenvalue weighted by atomic mass is 9.87. The van der Waals surface area contributed by atoms with Crippen LogP contribution in [0, 0.1) is 11.6 Å². The number of carbonyl (C=O) groups is 1. The van der Waals surface area contributed by atoms with E-state index in [0.29, 0.717) is 19.0 Å². The molecule has 0 bridgehead atoms. The van der Waals surface area contributed by atoms with Crippen molar-refractivity contribution in [1.29, 1.82) is 0 Å². The summed E-state index contributed by atoms with van der Waals surface area (Å²) in [5.41, 5.74) is 2.21. The molecular formula is C19H17F2NO3. The molecule has 6 heteroatoms. The molecular weight excluding hydrogens is 328 g/mol. The molecule has 25 heavy (non-hydrogen) atoms. The molecule has 2 aromatic rings. The minimum absolute atomic E-state index is 0.101. The first-order valence-corrected chi connectivity index (χ1v) is 8.30. The van der Waals surface area contributed by atoms with Gasteiger partial charge in [-0.2, -0.15) is 0 Å². The SMILES string of the molecule is O=C(NC1CCCc2cc3c(cc21)OCCO3)c1ccc(F)c(F)c1. The zero-order valence-electron chi connectivity index (χ0n) is 13.5. The first-order chi connectivity index (χ1) is 12.1. The third-order valence-electron chi connectivity index (χ3n) is 4.61. The van der Waals surface area contributed by atoms with E-state index < -0.39 is 17.5 Å². The number of ether oxygens (including phenoxy) is 2. The van der Waals surface area contributed by atoms with Crippen LogP contribution < -0.4 is 14.8 Å². The van der Waals surface area contributed by atoms with E-state index in [0.717, 1.165) is 48.3 Å². The highest BCUT2D eigenvalue weighted by molar-refractivity contribution is 5.94. The van der Waals surface area contributed by atoms with Gasteiger partial charge in [0.15, 0.2) is 23.1 Å². The minimum Gasteiger partial charge on any atom is -0.486 e. The first kappa shape index (κ1) is 15.9. The number of hydrogen-bond donors (Lipinski definition) is 1. The van der Waals surface area contributed by atoms with Crippen LogP contribution in [0.15, 0.2) is 30.3 Å². The number of rotatable bonds is 2. The summed E-state index contributed by atoms with van der Waals surface area (Å²) in [6.45, 7) is 1.03. The van der Waals surface area contributed by atoms with Crippen molar-refractivity contribution in [3.63, 3.8) is 0 Å². The van der Waals surface area contributed by atoms with Crippen molar-refractivity contribution in [1.82, 2.24) is 5.32 Å². The molecule has 0 saturated carbocycles. The fourth-order valence-electron chi connectivity index (χ4n) is 3.37. The Labute approximate surface area is 143 Å². The van der Waals surface area contributed by atoms with Gasteiger partial charge >= 0.3 is 0 Å². The van der Waals surface area contributed by atoms with Gasteiger partial charge in [-0.3, -0.25) is 4.79 Å². The normalized spacial score (nSPS) is 18.4. The molecule has 2 aromatic carbocycles. The standard InChI is InChI=1S/C19H17F2NO3/c20-14-5-4-12(8-15(14)21)19(23)22-16-3-1-2-11-9-17-18(10-13(11)16)25-7-6-24-17/h4-5,8-10,16H,1-3,6-7H2,(H,22,23). The van der Waals surface area contributed by atoms with E-state index in [9.17, 15) is 13.6 Å². The second-order valence-corrected chi connectivity index (χ2v) is 6.24. The maximum Gasteiger partial charge on any atom is 0.251 e. The Morgan fingerprint density at radius 1 is 1.04 bits per heavy atom. The van der Waals surface area contributed by atoms with E-state index >= 15 is 0 Å². The van der Waals surface area contributed by atoms with Crippen molar-refractivity contribution < 1.29 is 23.0 Å². The topological polar surface area (TPSA) is 47.6 Å². The second-order valence-electron chi connectivity index (χ2n) is 6.24. The lowest BCUT2D eigenvalue weighted by Crippen LogP contribution is -2.31. The predicted molar refractivity (Wildman–Crippen MR) is 86.9 cm³/mol. The maximum atomic E-state index is 13.4. The van der Waals surface area contributed by atoms with Gasteiger partial charge in [0.1, 0.15) is 13.2 Å². The number of hydrogen-bond acceptors (Lipinski definition) is 3. The van der Waals surface area contributed by atoms with E-state index in [1.165, 1.54) is 6.07 Å². The largest absolute Gasteiger partial charge is 0.486 e. The average Bonchev–Trinajstić information content (AvgIpc) is 2.62. The molecule has 0 spiro atoms. The van der Waals surface area contributed by atoms with Gasteiger partial charge in [0, 0.05) is 5.56 Å². The molecule has 0 aromatic heterocycles. The van der Waals surface area contributed by atoms with Crippen molar-refractivity contribution in [3.05, 3.63) is 58.7 Å². The van der Waals surface area contributed by atoms with E-state index in [1.807, 2.05) is 12.1 Å². The van der Waals surface area contributed by atoms with Crippen LogP contribution in [0.1, 0.15) is 40.4 Å². The zero-order chi connectivity index (χ0) is 17.4. The molecule has 1 unspecified atom stereocenters. The summed E-state index contributed by atoms with van der Waals surface area (Å²) in [4.78, 5) is 12.4. The molecule has 1 aliphatic carbocycles. The Morgan fingerprint density at radius 3 is 2.56 bits per heavy atom. The second kappa shape index (κ2) is 6.35. The minimum atomic E-state index is -1.03. The highest BCUT2D eigenvalue weighted by atomic mass is 19.2. The number of nitrogens with one attached hydrogen (secondary N) is 1. The van der Waals surface area contributed by atoms with Gasteiger partial charge in [-0.05, 0) is 60.7 Å².